The van der Waals surface area contributed by atoms with Gasteiger partial charge < -0.3 is 10.1 Å². The lowest BCUT2D eigenvalue weighted by Crippen LogP contribution is -2.36. The largest absolute Gasteiger partial charge is 0.369 e. The van der Waals surface area contributed by atoms with Crippen molar-refractivity contribution in [3.63, 3.8) is 0 Å². The number of rotatable bonds is 8. The number of carbonyl (C=O) groups is 1. The van der Waals surface area contributed by atoms with Crippen LogP contribution in [0.1, 0.15) is 44.1 Å². The number of aromatic nitrogens is 2. The summed E-state index contributed by atoms with van der Waals surface area (Å²) in [6.07, 6.45) is 1.52. The number of aryl methyl sites for hydroxylation is 1. The average molecular weight is 281 g/mol. The Hall–Kier alpha value is -1.36. The van der Waals surface area contributed by atoms with E-state index in [9.17, 15) is 4.79 Å². The Bertz CT molecular complexity index is 441. The molecule has 0 aromatic carbocycles. The van der Waals surface area contributed by atoms with Crippen LogP contribution in [0.2, 0.25) is 0 Å². The van der Waals surface area contributed by atoms with E-state index in [4.69, 9.17) is 4.74 Å². The summed E-state index contributed by atoms with van der Waals surface area (Å²) in [6, 6.07) is 0. The molecule has 0 radical (unpaired) electrons. The molecule has 0 unspecified atom stereocenters. The van der Waals surface area contributed by atoms with Crippen molar-refractivity contribution in [2.24, 2.45) is 0 Å². The van der Waals surface area contributed by atoms with Crippen LogP contribution in [0, 0.1) is 13.8 Å². The van der Waals surface area contributed by atoms with Crippen molar-refractivity contribution < 1.29 is 9.53 Å². The molecule has 1 aromatic rings. The zero-order valence-electron chi connectivity index (χ0n) is 13.3. The smallest absolute Gasteiger partial charge is 0.248 e. The average Bonchev–Trinajstić information content (AvgIpc) is 2.70. The maximum Gasteiger partial charge on any atom is 0.248 e. The molecule has 5 nitrogen and oxygen atoms in total. The fourth-order valence-corrected chi connectivity index (χ4v) is 2.26. The SMILES string of the molecule is CCCO[C@H](C)C(=O)NCCn1nc(C)c(CC)c1C. The van der Waals surface area contributed by atoms with Crippen LogP contribution >= 0.6 is 0 Å². The lowest BCUT2D eigenvalue weighted by atomic mass is 10.1. The molecule has 0 spiro atoms. The molecule has 1 N–H and O–H groups in total. The third-order valence-electron chi connectivity index (χ3n) is 3.45. The number of nitrogens with one attached hydrogen (secondary N) is 1. The predicted octanol–water partition coefficient (Wildman–Crippen LogP) is 1.99. The van der Waals surface area contributed by atoms with Crippen LogP contribution in [-0.4, -0.2) is 34.9 Å². The molecule has 0 aliphatic heterocycles. The van der Waals surface area contributed by atoms with Gasteiger partial charge in [0.2, 0.25) is 5.91 Å². The highest BCUT2D eigenvalue weighted by atomic mass is 16.5. The normalized spacial score (nSPS) is 12.4. The molecule has 0 aliphatic carbocycles. The molecule has 0 fully saturated rings. The predicted molar refractivity (Wildman–Crippen MR) is 79.8 cm³/mol. The van der Waals surface area contributed by atoms with E-state index in [1.165, 1.54) is 11.3 Å². The maximum atomic E-state index is 11.8. The molecule has 1 heterocycles. The molecule has 1 atom stereocenters. The second-order valence-corrected chi connectivity index (χ2v) is 5.03. The van der Waals surface area contributed by atoms with Gasteiger partial charge in [0.15, 0.2) is 0 Å². The highest BCUT2D eigenvalue weighted by Crippen LogP contribution is 2.12. The quantitative estimate of drug-likeness (QED) is 0.793. The number of nitrogens with zero attached hydrogens (tertiary/aromatic N) is 2. The standard InChI is InChI=1S/C15H27N3O2/c1-6-10-20-13(5)15(19)16-8-9-18-12(4)14(7-2)11(3)17-18/h13H,6-10H2,1-5H3,(H,16,19)/t13-/m1/s1. The van der Waals surface area contributed by atoms with Crippen molar-refractivity contribution in [1.82, 2.24) is 15.1 Å². The van der Waals surface area contributed by atoms with Crippen LogP contribution in [0.25, 0.3) is 0 Å². The summed E-state index contributed by atoms with van der Waals surface area (Å²) in [7, 11) is 0. The Morgan fingerprint density at radius 2 is 2.10 bits per heavy atom. The van der Waals surface area contributed by atoms with Gasteiger partial charge in [-0.2, -0.15) is 5.10 Å². The van der Waals surface area contributed by atoms with Gasteiger partial charge in [-0.25, -0.2) is 0 Å². The summed E-state index contributed by atoms with van der Waals surface area (Å²) in [5.41, 5.74) is 3.57. The van der Waals surface area contributed by atoms with Crippen LogP contribution in [0.5, 0.6) is 0 Å². The molecule has 0 saturated carbocycles. The maximum absolute atomic E-state index is 11.8. The van der Waals surface area contributed by atoms with Crippen LogP contribution in [-0.2, 0) is 22.5 Å². The molecule has 5 heteroatoms. The fraction of sp³-hybridized carbons (Fsp3) is 0.733. The number of ether oxygens (including phenoxy) is 1. The van der Waals surface area contributed by atoms with Crippen molar-refractivity contribution in [3.05, 3.63) is 17.0 Å². The second-order valence-electron chi connectivity index (χ2n) is 5.03. The van der Waals surface area contributed by atoms with E-state index in [0.717, 1.165) is 18.5 Å². The van der Waals surface area contributed by atoms with Crippen LogP contribution in [0.3, 0.4) is 0 Å². The minimum atomic E-state index is -0.387. The Balaban J connectivity index is 2.43. The molecular formula is C15H27N3O2. The number of amides is 1. The van der Waals surface area contributed by atoms with Gasteiger partial charge in [0.25, 0.3) is 0 Å². The van der Waals surface area contributed by atoms with Crippen molar-refractivity contribution in [3.8, 4) is 0 Å². The fourth-order valence-electron chi connectivity index (χ4n) is 2.26. The lowest BCUT2D eigenvalue weighted by Gasteiger charge is -2.13. The molecule has 1 aromatic heterocycles. The molecule has 114 valence electrons. The third-order valence-corrected chi connectivity index (χ3v) is 3.45. The van der Waals surface area contributed by atoms with Crippen LogP contribution < -0.4 is 5.32 Å². The van der Waals surface area contributed by atoms with Crippen molar-refractivity contribution in [2.45, 2.75) is 60.1 Å². The van der Waals surface area contributed by atoms with Gasteiger partial charge in [0.05, 0.1) is 12.2 Å². The first-order chi connectivity index (χ1) is 9.51. The van der Waals surface area contributed by atoms with Crippen molar-refractivity contribution in [1.29, 1.82) is 0 Å². The molecule has 0 aliphatic rings. The first-order valence-corrected chi connectivity index (χ1v) is 7.43. The Kier molecular flexibility index (Phi) is 6.71. The van der Waals surface area contributed by atoms with E-state index in [1.807, 2.05) is 18.5 Å². The van der Waals surface area contributed by atoms with E-state index in [-0.39, 0.29) is 12.0 Å². The monoisotopic (exact) mass is 281 g/mol. The third kappa shape index (κ3) is 4.34. The van der Waals surface area contributed by atoms with E-state index in [0.29, 0.717) is 19.7 Å². The lowest BCUT2D eigenvalue weighted by molar-refractivity contribution is -0.131. The first kappa shape index (κ1) is 16.7. The Morgan fingerprint density at radius 1 is 1.40 bits per heavy atom. The zero-order valence-corrected chi connectivity index (χ0v) is 13.3. The number of hydrogen-bond donors (Lipinski definition) is 1. The van der Waals surface area contributed by atoms with Crippen molar-refractivity contribution in [2.75, 3.05) is 13.2 Å². The van der Waals surface area contributed by atoms with Crippen molar-refractivity contribution >= 4 is 5.91 Å². The molecule has 1 amide bonds. The van der Waals surface area contributed by atoms with Crippen LogP contribution in [0.15, 0.2) is 0 Å². The molecular weight excluding hydrogens is 254 g/mol. The van der Waals surface area contributed by atoms with Crippen LogP contribution in [0.4, 0.5) is 0 Å². The number of hydrogen-bond acceptors (Lipinski definition) is 3. The van der Waals surface area contributed by atoms with E-state index in [1.54, 1.807) is 6.92 Å². The van der Waals surface area contributed by atoms with Gasteiger partial charge in [-0.05, 0) is 39.2 Å². The second kappa shape index (κ2) is 8.04. The minimum Gasteiger partial charge on any atom is -0.369 e. The summed E-state index contributed by atoms with van der Waals surface area (Å²) < 4.78 is 7.35. The highest BCUT2D eigenvalue weighted by Gasteiger charge is 2.13. The van der Waals surface area contributed by atoms with E-state index < -0.39 is 0 Å². The summed E-state index contributed by atoms with van der Waals surface area (Å²) in [5.74, 6) is -0.0595. The van der Waals surface area contributed by atoms with Gasteiger partial charge in [-0.15, -0.1) is 0 Å². The first-order valence-electron chi connectivity index (χ1n) is 7.43. The highest BCUT2D eigenvalue weighted by molar-refractivity contribution is 5.80. The van der Waals surface area contributed by atoms with Gasteiger partial charge in [-0.3, -0.25) is 9.48 Å². The van der Waals surface area contributed by atoms with Gasteiger partial charge >= 0.3 is 0 Å². The summed E-state index contributed by atoms with van der Waals surface area (Å²) in [4.78, 5) is 11.8. The summed E-state index contributed by atoms with van der Waals surface area (Å²) >= 11 is 0. The topological polar surface area (TPSA) is 56.1 Å². The zero-order chi connectivity index (χ0) is 15.1. The number of carbonyl (C=O) groups excluding carboxylic acids is 1. The van der Waals surface area contributed by atoms with Gasteiger partial charge in [0, 0.05) is 18.8 Å². The molecule has 1 rings (SSSR count). The molecule has 0 bridgehead atoms. The molecule has 0 saturated heterocycles. The summed E-state index contributed by atoms with van der Waals surface area (Å²) in [6.45, 7) is 11.9. The van der Waals surface area contributed by atoms with E-state index >= 15 is 0 Å². The van der Waals surface area contributed by atoms with E-state index in [2.05, 4.69) is 24.3 Å². The molecule has 20 heavy (non-hydrogen) atoms. The Labute approximate surface area is 121 Å². The van der Waals surface area contributed by atoms with Gasteiger partial charge in [-0.1, -0.05) is 13.8 Å². The van der Waals surface area contributed by atoms with Gasteiger partial charge in [0.1, 0.15) is 6.10 Å². The Morgan fingerprint density at radius 3 is 2.65 bits per heavy atom. The minimum absolute atomic E-state index is 0.0595. The summed E-state index contributed by atoms with van der Waals surface area (Å²) in [5, 5.41) is 7.40.